The summed E-state index contributed by atoms with van der Waals surface area (Å²) in [5, 5.41) is 3.96. The maximum absolute atomic E-state index is 12.7. The minimum Gasteiger partial charge on any atom is -0.481 e. The monoisotopic (exact) mass is 369 g/mol. The minimum atomic E-state index is 0.0216. The van der Waals surface area contributed by atoms with E-state index in [9.17, 15) is 4.79 Å². The third-order valence-corrected chi connectivity index (χ3v) is 5.49. The summed E-state index contributed by atoms with van der Waals surface area (Å²) in [5.74, 6) is 1.30. The van der Waals surface area contributed by atoms with Crippen LogP contribution >= 0.6 is 11.3 Å². The lowest BCUT2D eigenvalue weighted by atomic mass is 10.1. The molecule has 7 nitrogen and oxygen atoms in total. The van der Waals surface area contributed by atoms with Gasteiger partial charge in [-0.1, -0.05) is 12.1 Å². The van der Waals surface area contributed by atoms with Crippen LogP contribution in [0.25, 0.3) is 10.2 Å². The van der Waals surface area contributed by atoms with Crippen LogP contribution in [-0.2, 0) is 0 Å². The molecule has 4 rings (SSSR count). The average molecular weight is 369 g/mol. The molecule has 8 heteroatoms. The first-order valence-corrected chi connectivity index (χ1v) is 9.32. The van der Waals surface area contributed by atoms with Crippen LogP contribution in [0.15, 0.2) is 36.7 Å². The largest absolute Gasteiger partial charge is 0.481 e. The standard InChI is InChI=1S/C18H19N5O2S/c1-25-16-10-15(19-11-20-16)21-12-6-8-23(9-7-12)18(24)17-22-13-4-2-3-5-14(13)26-17/h2-5,10-12H,6-9H2,1H3,(H,19,20,21). The molecule has 1 fully saturated rings. The van der Waals surface area contributed by atoms with Gasteiger partial charge in [0.1, 0.15) is 12.1 Å². The number of carbonyl (C=O) groups is 1. The van der Waals surface area contributed by atoms with Crippen molar-refractivity contribution in [1.82, 2.24) is 19.9 Å². The molecule has 1 aliphatic heterocycles. The number of carbonyl (C=O) groups excluding carboxylic acids is 1. The Hall–Kier alpha value is -2.74. The number of ether oxygens (including phenoxy) is 1. The van der Waals surface area contributed by atoms with Gasteiger partial charge in [0.2, 0.25) is 5.88 Å². The highest BCUT2D eigenvalue weighted by Crippen LogP contribution is 2.24. The number of fused-ring (bicyclic) bond motifs is 1. The zero-order chi connectivity index (χ0) is 17.9. The number of hydrogen-bond acceptors (Lipinski definition) is 7. The van der Waals surface area contributed by atoms with Crippen LogP contribution in [0.2, 0.25) is 0 Å². The van der Waals surface area contributed by atoms with Crippen LogP contribution in [0.3, 0.4) is 0 Å². The first-order valence-electron chi connectivity index (χ1n) is 8.50. The van der Waals surface area contributed by atoms with E-state index in [4.69, 9.17) is 4.74 Å². The summed E-state index contributed by atoms with van der Waals surface area (Å²) >= 11 is 1.46. The van der Waals surface area contributed by atoms with Crippen molar-refractivity contribution in [3.63, 3.8) is 0 Å². The molecule has 1 amide bonds. The van der Waals surface area contributed by atoms with E-state index in [1.807, 2.05) is 29.2 Å². The Bertz CT molecular complexity index is 888. The van der Waals surface area contributed by atoms with Crippen molar-refractivity contribution in [2.24, 2.45) is 0 Å². The predicted octanol–water partition coefficient (Wildman–Crippen LogP) is 2.81. The first-order chi connectivity index (χ1) is 12.7. The van der Waals surface area contributed by atoms with Crippen molar-refractivity contribution >= 4 is 33.3 Å². The molecular formula is C18H19N5O2S. The van der Waals surface area contributed by atoms with Gasteiger partial charge >= 0.3 is 0 Å². The van der Waals surface area contributed by atoms with E-state index in [-0.39, 0.29) is 11.9 Å². The smallest absolute Gasteiger partial charge is 0.282 e. The van der Waals surface area contributed by atoms with Crippen LogP contribution in [0.1, 0.15) is 22.6 Å². The van der Waals surface area contributed by atoms with Crippen molar-refractivity contribution in [2.75, 3.05) is 25.5 Å². The van der Waals surface area contributed by atoms with E-state index >= 15 is 0 Å². The molecule has 1 N–H and O–H groups in total. The predicted molar refractivity (Wildman–Crippen MR) is 101 cm³/mol. The number of thiazole rings is 1. The van der Waals surface area contributed by atoms with Gasteiger partial charge in [0.05, 0.1) is 17.3 Å². The second kappa shape index (κ2) is 7.25. The third-order valence-electron chi connectivity index (χ3n) is 4.46. The van der Waals surface area contributed by atoms with E-state index in [1.54, 1.807) is 13.2 Å². The number of anilines is 1. The van der Waals surface area contributed by atoms with Crippen LogP contribution < -0.4 is 10.1 Å². The van der Waals surface area contributed by atoms with Crippen LogP contribution in [0, 0.1) is 0 Å². The van der Waals surface area contributed by atoms with Crippen molar-refractivity contribution in [3.05, 3.63) is 41.7 Å². The van der Waals surface area contributed by atoms with Crippen LogP contribution in [0.5, 0.6) is 5.88 Å². The number of benzene rings is 1. The molecule has 0 bridgehead atoms. The zero-order valence-electron chi connectivity index (χ0n) is 14.4. The lowest BCUT2D eigenvalue weighted by Gasteiger charge is -2.32. The molecule has 0 atom stereocenters. The van der Waals surface area contributed by atoms with E-state index < -0.39 is 0 Å². The number of likely N-dealkylation sites (tertiary alicyclic amines) is 1. The van der Waals surface area contributed by atoms with Gasteiger partial charge in [-0.3, -0.25) is 4.79 Å². The van der Waals surface area contributed by atoms with Crippen LogP contribution in [-0.4, -0.2) is 52.0 Å². The highest BCUT2D eigenvalue weighted by molar-refractivity contribution is 7.20. The Morgan fingerprint density at radius 1 is 1.27 bits per heavy atom. The molecule has 134 valence electrons. The molecule has 2 aromatic heterocycles. The molecule has 3 aromatic rings. The number of nitrogens with one attached hydrogen (secondary N) is 1. The van der Waals surface area contributed by atoms with Gasteiger partial charge in [0.25, 0.3) is 5.91 Å². The summed E-state index contributed by atoms with van der Waals surface area (Å²) < 4.78 is 6.16. The maximum atomic E-state index is 12.7. The zero-order valence-corrected chi connectivity index (χ0v) is 15.2. The molecule has 3 heterocycles. The second-order valence-electron chi connectivity index (χ2n) is 6.14. The number of para-hydroxylation sites is 1. The molecule has 0 saturated carbocycles. The molecule has 1 saturated heterocycles. The lowest BCUT2D eigenvalue weighted by Crippen LogP contribution is -2.42. The molecule has 0 unspecified atom stereocenters. The van der Waals surface area contributed by atoms with Crippen LogP contribution in [0.4, 0.5) is 5.82 Å². The molecule has 26 heavy (non-hydrogen) atoms. The SMILES string of the molecule is COc1cc(NC2CCN(C(=O)c3nc4ccccc4s3)CC2)ncn1. The van der Waals surface area contributed by atoms with Gasteiger partial charge in [-0.2, -0.15) is 0 Å². The van der Waals surface area contributed by atoms with Gasteiger partial charge in [-0.25, -0.2) is 15.0 Å². The third kappa shape index (κ3) is 3.45. The Balaban J connectivity index is 1.37. The summed E-state index contributed by atoms with van der Waals surface area (Å²) in [6.45, 7) is 1.41. The average Bonchev–Trinajstić information content (AvgIpc) is 3.12. The first kappa shape index (κ1) is 16.7. The van der Waals surface area contributed by atoms with Gasteiger partial charge in [0, 0.05) is 25.2 Å². The minimum absolute atomic E-state index is 0.0216. The number of piperidine rings is 1. The van der Waals surface area contributed by atoms with Crippen molar-refractivity contribution in [2.45, 2.75) is 18.9 Å². The number of aromatic nitrogens is 3. The molecule has 0 radical (unpaired) electrons. The number of amides is 1. The van der Waals surface area contributed by atoms with Crippen molar-refractivity contribution < 1.29 is 9.53 Å². The topological polar surface area (TPSA) is 80.2 Å². The molecule has 1 aliphatic rings. The Morgan fingerprint density at radius 2 is 2.08 bits per heavy atom. The second-order valence-corrected chi connectivity index (χ2v) is 7.17. The highest BCUT2D eigenvalue weighted by atomic mass is 32.1. The van der Waals surface area contributed by atoms with Gasteiger partial charge < -0.3 is 15.0 Å². The Labute approximate surface area is 155 Å². The molecule has 1 aromatic carbocycles. The number of hydrogen-bond donors (Lipinski definition) is 1. The Kier molecular flexibility index (Phi) is 4.66. The quantitative estimate of drug-likeness (QED) is 0.762. The molecule has 0 aliphatic carbocycles. The normalized spacial score (nSPS) is 15.2. The molecule has 0 spiro atoms. The number of nitrogens with zero attached hydrogens (tertiary/aromatic N) is 4. The Morgan fingerprint density at radius 3 is 2.85 bits per heavy atom. The van der Waals surface area contributed by atoms with Crippen molar-refractivity contribution in [1.29, 1.82) is 0 Å². The van der Waals surface area contributed by atoms with E-state index in [2.05, 4.69) is 20.3 Å². The number of methoxy groups -OCH3 is 1. The van der Waals surface area contributed by atoms with E-state index in [1.165, 1.54) is 17.7 Å². The lowest BCUT2D eigenvalue weighted by molar-refractivity contribution is 0.0718. The fraction of sp³-hybridized carbons (Fsp3) is 0.333. The summed E-state index contributed by atoms with van der Waals surface area (Å²) in [5.41, 5.74) is 0.884. The van der Waals surface area contributed by atoms with E-state index in [0.29, 0.717) is 24.0 Å². The molecular weight excluding hydrogens is 350 g/mol. The fourth-order valence-electron chi connectivity index (χ4n) is 3.07. The summed E-state index contributed by atoms with van der Waals surface area (Å²) in [4.78, 5) is 27.3. The summed E-state index contributed by atoms with van der Waals surface area (Å²) in [6.07, 6.45) is 3.21. The van der Waals surface area contributed by atoms with E-state index in [0.717, 1.165) is 28.9 Å². The highest BCUT2D eigenvalue weighted by Gasteiger charge is 2.25. The van der Waals surface area contributed by atoms with Gasteiger partial charge in [-0.15, -0.1) is 11.3 Å². The number of rotatable bonds is 4. The summed E-state index contributed by atoms with van der Waals surface area (Å²) in [7, 11) is 1.58. The van der Waals surface area contributed by atoms with Gasteiger partial charge in [-0.05, 0) is 25.0 Å². The van der Waals surface area contributed by atoms with Gasteiger partial charge in [0.15, 0.2) is 5.01 Å². The van der Waals surface area contributed by atoms with Crippen molar-refractivity contribution in [3.8, 4) is 5.88 Å². The maximum Gasteiger partial charge on any atom is 0.282 e. The fourth-order valence-corrected chi connectivity index (χ4v) is 4.00. The summed E-state index contributed by atoms with van der Waals surface area (Å²) in [6, 6.07) is 9.89.